The Kier molecular flexibility index (Phi) is 3.64. The van der Waals surface area contributed by atoms with Crippen LogP contribution < -0.4 is 10.0 Å². The minimum atomic E-state index is -3.59. The van der Waals surface area contributed by atoms with E-state index in [2.05, 4.69) is 18.7 Å². The Bertz CT molecular complexity index is 500. The lowest BCUT2D eigenvalue weighted by atomic mass is 9.91. The molecule has 2 rings (SSSR count). The van der Waals surface area contributed by atoms with Gasteiger partial charge in [-0.1, -0.05) is 13.8 Å². The number of piperidine rings is 1. The minimum absolute atomic E-state index is 0.171. The van der Waals surface area contributed by atoms with E-state index in [4.69, 9.17) is 5.14 Å². The van der Waals surface area contributed by atoms with E-state index in [1.165, 1.54) is 6.42 Å². The van der Waals surface area contributed by atoms with Crippen molar-refractivity contribution in [1.29, 1.82) is 0 Å². The second-order valence-corrected chi connectivity index (χ2v) is 6.95. The van der Waals surface area contributed by atoms with Crippen LogP contribution in [-0.4, -0.2) is 21.5 Å². The predicted molar refractivity (Wildman–Crippen MR) is 73.0 cm³/mol. The molecular formula is C13H20N2O2S. The first-order chi connectivity index (χ1) is 8.36. The third-order valence-electron chi connectivity index (χ3n) is 3.40. The van der Waals surface area contributed by atoms with Gasteiger partial charge in [0.05, 0.1) is 4.90 Å². The summed E-state index contributed by atoms with van der Waals surface area (Å²) in [5.41, 5.74) is 1.07. The largest absolute Gasteiger partial charge is 0.371 e. The molecule has 1 aromatic rings. The Balaban J connectivity index is 2.19. The molecular weight excluding hydrogens is 248 g/mol. The van der Waals surface area contributed by atoms with E-state index in [1.54, 1.807) is 12.1 Å². The molecule has 1 aromatic carbocycles. The number of nitrogens with two attached hydrogens (primary N) is 1. The average molecular weight is 268 g/mol. The van der Waals surface area contributed by atoms with E-state index >= 15 is 0 Å². The van der Waals surface area contributed by atoms with Gasteiger partial charge in [-0.15, -0.1) is 0 Å². The van der Waals surface area contributed by atoms with Crippen LogP contribution in [0.25, 0.3) is 0 Å². The predicted octanol–water partition coefficient (Wildman–Crippen LogP) is 1.82. The maximum atomic E-state index is 11.2. The van der Waals surface area contributed by atoms with Gasteiger partial charge in [-0.25, -0.2) is 13.6 Å². The van der Waals surface area contributed by atoms with Crippen molar-refractivity contribution >= 4 is 15.7 Å². The van der Waals surface area contributed by atoms with Crippen molar-refractivity contribution in [3.63, 3.8) is 0 Å². The highest BCUT2D eigenvalue weighted by molar-refractivity contribution is 7.89. The molecule has 0 aliphatic carbocycles. The Morgan fingerprint density at radius 3 is 2.06 bits per heavy atom. The van der Waals surface area contributed by atoms with Crippen LogP contribution in [0.2, 0.25) is 0 Å². The summed E-state index contributed by atoms with van der Waals surface area (Å²) in [7, 11) is -3.59. The fourth-order valence-electron chi connectivity index (χ4n) is 2.72. The van der Waals surface area contributed by atoms with Crippen LogP contribution in [0, 0.1) is 11.8 Å². The van der Waals surface area contributed by atoms with Crippen molar-refractivity contribution in [2.45, 2.75) is 25.2 Å². The van der Waals surface area contributed by atoms with Crippen LogP contribution in [-0.2, 0) is 10.0 Å². The van der Waals surface area contributed by atoms with Gasteiger partial charge in [-0.2, -0.15) is 0 Å². The Morgan fingerprint density at radius 2 is 1.61 bits per heavy atom. The molecule has 18 heavy (non-hydrogen) atoms. The summed E-state index contributed by atoms with van der Waals surface area (Å²) in [6.07, 6.45) is 1.26. The fraction of sp³-hybridized carbons (Fsp3) is 0.538. The molecule has 1 fully saturated rings. The van der Waals surface area contributed by atoms with Crippen LogP contribution in [0.1, 0.15) is 20.3 Å². The number of primary sulfonamides is 1. The summed E-state index contributed by atoms with van der Waals surface area (Å²) in [6.45, 7) is 6.56. The fourth-order valence-corrected chi connectivity index (χ4v) is 3.24. The molecule has 0 bridgehead atoms. The summed E-state index contributed by atoms with van der Waals surface area (Å²) < 4.78 is 22.4. The maximum Gasteiger partial charge on any atom is 0.238 e. The zero-order valence-corrected chi connectivity index (χ0v) is 11.7. The van der Waals surface area contributed by atoms with Gasteiger partial charge in [0.2, 0.25) is 10.0 Å². The number of hydrogen-bond donors (Lipinski definition) is 1. The zero-order chi connectivity index (χ0) is 13.3. The smallest absolute Gasteiger partial charge is 0.238 e. The van der Waals surface area contributed by atoms with Crippen molar-refractivity contribution in [3.05, 3.63) is 24.3 Å². The quantitative estimate of drug-likeness (QED) is 0.890. The Hall–Kier alpha value is -1.07. The van der Waals surface area contributed by atoms with Crippen molar-refractivity contribution in [3.8, 4) is 0 Å². The number of anilines is 1. The van der Waals surface area contributed by atoms with E-state index in [9.17, 15) is 8.42 Å². The molecule has 2 atom stereocenters. The molecule has 1 heterocycles. The monoisotopic (exact) mass is 268 g/mol. The van der Waals surface area contributed by atoms with Gasteiger partial charge < -0.3 is 4.90 Å². The molecule has 1 aliphatic rings. The molecule has 1 saturated heterocycles. The first-order valence-corrected chi connectivity index (χ1v) is 7.78. The van der Waals surface area contributed by atoms with E-state index in [1.807, 2.05) is 12.1 Å². The van der Waals surface area contributed by atoms with Gasteiger partial charge >= 0.3 is 0 Å². The van der Waals surface area contributed by atoms with E-state index in [0.717, 1.165) is 18.8 Å². The summed E-state index contributed by atoms with van der Waals surface area (Å²) in [6, 6.07) is 6.83. The molecule has 100 valence electrons. The Morgan fingerprint density at radius 1 is 1.11 bits per heavy atom. The van der Waals surface area contributed by atoms with E-state index in [0.29, 0.717) is 11.8 Å². The lowest BCUT2D eigenvalue weighted by Crippen LogP contribution is -2.38. The van der Waals surface area contributed by atoms with Gasteiger partial charge in [-0.3, -0.25) is 0 Å². The third-order valence-corrected chi connectivity index (χ3v) is 4.33. The van der Waals surface area contributed by atoms with Crippen molar-refractivity contribution < 1.29 is 8.42 Å². The topological polar surface area (TPSA) is 63.4 Å². The minimum Gasteiger partial charge on any atom is -0.371 e. The van der Waals surface area contributed by atoms with Crippen LogP contribution >= 0.6 is 0 Å². The number of benzene rings is 1. The average Bonchev–Trinajstić information content (AvgIpc) is 2.27. The lowest BCUT2D eigenvalue weighted by molar-refractivity contribution is 0.357. The first kappa shape index (κ1) is 13.4. The molecule has 0 amide bonds. The standard InChI is InChI=1S/C13H20N2O2S/c1-10-7-11(2)9-15(8-10)12-3-5-13(6-4-12)18(14,16)17/h3-6,10-11H,7-9H2,1-2H3,(H2,14,16,17)/t10-,11-/m1/s1. The second kappa shape index (κ2) is 4.90. The van der Waals surface area contributed by atoms with Crippen LogP contribution in [0.5, 0.6) is 0 Å². The van der Waals surface area contributed by atoms with E-state index in [-0.39, 0.29) is 4.90 Å². The number of rotatable bonds is 2. The summed E-state index contributed by atoms with van der Waals surface area (Å²) >= 11 is 0. The van der Waals surface area contributed by atoms with Crippen molar-refractivity contribution in [2.24, 2.45) is 17.0 Å². The molecule has 1 aliphatic heterocycles. The second-order valence-electron chi connectivity index (χ2n) is 5.39. The summed E-state index contributed by atoms with van der Waals surface area (Å²) in [5.74, 6) is 1.35. The molecule has 2 N–H and O–H groups in total. The normalized spacial score (nSPS) is 25.2. The van der Waals surface area contributed by atoms with Gasteiger partial charge in [0.25, 0.3) is 0 Å². The van der Waals surface area contributed by atoms with Crippen LogP contribution in [0.3, 0.4) is 0 Å². The summed E-state index contributed by atoms with van der Waals surface area (Å²) in [4.78, 5) is 2.48. The molecule has 0 unspecified atom stereocenters. The van der Waals surface area contributed by atoms with E-state index < -0.39 is 10.0 Å². The lowest BCUT2D eigenvalue weighted by Gasteiger charge is -2.36. The zero-order valence-electron chi connectivity index (χ0n) is 10.8. The molecule has 0 radical (unpaired) electrons. The van der Waals surface area contributed by atoms with Crippen LogP contribution in [0.15, 0.2) is 29.2 Å². The SMILES string of the molecule is C[C@@H]1C[C@@H](C)CN(c2ccc(S(N)(=O)=O)cc2)C1. The molecule has 5 heteroatoms. The van der Waals surface area contributed by atoms with Gasteiger partial charge in [-0.05, 0) is 42.5 Å². The van der Waals surface area contributed by atoms with Gasteiger partial charge in [0.15, 0.2) is 0 Å². The highest BCUT2D eigenvalue weighted by atomic mass is 32.2. The van der Waals surface area contributed by atoms with Crippen molar-refractivity contribution in [1.82, 2.24) is 0 Å². The number of nitrogens with zero attached hydrogens (tertiary/aromatic N) is 1. The molecule has 4 nitrogen and oxygen atoms in total. The molecule has 0 spiro atoms. The summed E-state index contributed by atoms with van der Waals surface area (Å²) in [5, 5.41) is 5.09. The Labute approximate surface area is 109 Å². The highest BCUT2D eigenvalue weighted by Gasteiger charge is 2.22. The molecule has 0 aromatic heterocycles. The van der Waals surface area contributed by atoms with Gasteiger partial charge in [0, 0.05) is 18.8 Å². The number of sulfonamides is 1. The first-order valence-electron chi connectivity index (χ1n) is 6.24. The highest BCUT2D eigenvalue weighted by Crippen LogP contribution is 2.26. The maximum absolute atomic E-state index is 11.2. The third kappa shape index (κ3) is 3.03. The van der Waals surface area contributed by atoms with Gasteiger partial charge in [0.1, 0.15) is 0 Å². The van der Waals surface area contributed by atoms with Crippen LogP contribution in [0.4, 0.5) is 5.69 Å². The molecule has 0 saturated carbocycles. The van der Waals surface area contributed by atoms with Crippen molar-refractivity contribution in [2.75, 3.05) is 18.0 Å². The number of hydrogen-bond acceptors (Lipinski definition) is 3.